The third kappa shape index (κ3) is 3.88. The third-order valence-electron chi connectivity index (χ3n) is 1.02. The summed E-state index contributed by atoms with van der Waals surface area (Å²) in [5, 5.41) is 0. The highest BCUT2D eigenvalue weighted by molar-refractivity contribution is 4.69. The first kappa shape index (κ1) is 7.70. The maximum absolute atomic E-state index is 4.91. The summed E-state index contributed by atoms with van der Waals surface area (Å²) in [5.41, 5.74) is 0. The summed E-state index contributed by atoms with van der Waals surface area (Å²) in [6.07, 6.45) is 2.97. The van der Waals surface area contributed by atoms with Gasteiger partial charge in [0.1, 0.15) is 0 Å². The van der Waals surface area contributed by atoms with Gasteiger partial charge < -0.3 is 4.74 Å². The van der Waals surface area contributed by atoms with Crippen molar-refractivity contribution in [3.05, 3.63) is 12.7 Å². The lowest BCUT2D eigenvalue weighted by Crippen LogP contribution is -2.00. The van der Waals surface area contributed by atoms with E-state index in [1.165, 1.54) is 0 Å². The molecule has 0 aliphatic heterocycles. The molecule has 0 aromatic rings. The number of methoxy groups -OCH3 is 1. The Labute approximate surface area is 51.4 Å². The summed E-state index contributed by atoms with van der Waals surface area (Å²) in [5.74, 6) is 0.623. The van der Waals surface area contributed by atoms with Crippen LogP contribution < -0.4 is 0 Å². The molecule has 0 spiro atoms. The zero-order valence-electron chi connectivity index (χ0n) is 5.68. The first-order valence-electron chi connectivity index (χ1n) is 2.91. The van der Waals surface area contributed by atoms with Crippen LogP contribution in [0.15, 0.2) is 12.7 Å². The van der Waals surface area contributed by atoms with E-state index in [9.17, 15) is 0 Å². The van der Waals surface area contributed by atoms with Crippen molar-refractivity contribution in [1.82, 2.24) is 0 Å². The Bertz CT molecular complexity index is 59.4. The van der Waals surface area contributed by atoms with E-state index < -0.39 is 0 Å². The van der Waals surface area contributed by atoms with E-state index >= 15 is 0 Å². The molecule has 0 N–H and O–H groups in total. The van der Waals surface area contributed by atoms with Gasteiger partial charge in [0.25, 0.3) is 0 Å². The normalized spacial score (nSPS) is 13.2. The van der Waals surface area contributed by atoms with Crippen LogP contribution in [-0.4, -0.2) is 13.7 Å². The Hall–Kier alpha value is -0.300. The van der Waals surface area contributed by atoms with Crippen LogP contribution >= 0.6 is 0 Å². The second-order valence-electron chi connectivity index (χ2n) is 2.08. The van der Waals surface area contributed by atoms with Crippen LogP contribution in [0.4, 0.5) is 0 Å². The fourth-order valence-electron chi connectivity index (χ4n) is 0.637. The Morgan fingerprint density at radius 3 is 2.75 bits per heavy atom. The lowest BCUT2D eigenvalue weighted by atomic mass is 10.1. The van der Waals surface area contributed by atoms with Crippen LogP contribution in [0.1, 0.15) is 13.3 Å². The van der Waals surface area contributed by atoms with Crippen molar-refractivity contribution in [2.45, 2.75) is 13.3 Å². The lowest BCUT2D eigenvalue weighted by Gasteiger charge is -2.04. The monoisotopic (exact) mass is 114 g/mol. The molecule has 0 radical (unpaired) electrons. The zero-order valence-corrected chi connectivity index (χ0v) is 5.68. The first-order valence-corrected chi connectivity index (χ1v) is 2.91. The summed E-state index contributed by atoms with van der Waals surface area (Å²) in [4.78, 5) is 0. The Kier molecular flexibility index (Phi) is 4.67. The van der Waals surface area contributed by atoms with Gasteiger partial charge in [0, 0.05) is 13.7 Å². The second-order valence-corrected chi connectivity index (χ2v) is 2.08. The molecule has 0 amide bonds. The van der Waals surface area contributed by atoms with Crippen LogP contribution in [0, 0.1) is 5.92 Å². The number of hydrogen-bond acceptors (Lipinski definition) is 1. The molecule has 0 bridgehead atoms. The predicted octanol–water partition coefficient (Wildman–Crippen LogP) is 1.84. The molecule has 0 aromatic carbocycles. The molecule has 1 nitrogen and oxygen atoms in total. The van der Waals surface area contributed by atoms with Crippen LogP contribution in [0.2, 0.25) is 0 Å². The average molecular weight is 114 g/mol. The SMILES string of the molecule is C=CCC(C)COC. The topological polar surface area (TPSA) is 9.23 Å². The molecule has 0 aliphatic rings. The van der Waals surface area contributed by atoms with E-state index in [-0.39, 0.29) is 0 Å². The van der Waals surface area contributed by atoms with Crippen LogP contribution in [0.25, 0.3) is 0 Å². The molecule has 0 saturated heterocycles. The van der Waals surface area contributed by atoms with Crippen molar-refractivity contribution < 1.29 is 4.74 Å². The third-order valence-corrected chi connectivity index (χ3v) is 1.02. The van der Waals surface area contributed by atoms with Gasteiger partial charge in [-0.15, -0.1) is 6.58 Å². The van der Waals surface area contributed by atoms with Crippen LogP contribution in [0.5, 0.6) is 0 Å². The molecular formula is C7H14O. The molecular weight excluding hydrogens is 100 g/mol. The summed E-state index contributed by atoms with van der Waals surface area (Å²) in [7, 11) is 1.72. The van der Waals surface area contributed by atoms with Gasteiger partial charge in [0.05, 0.1) is 0 Å². The summed E-state index contributed by atoms with van der Waals surface area (Å²) >= 11 is 0. The molecule has 1 heteroatoms. The fraction of sp³-hybridized carbons (Fsp3) is 0.714. The van der Waals surface area contributed by atoms with Gasteiger partial charge in [-0.2, -0.15) is 0 Å². The highest BCUT2D eigenvalue weighted by atomic mass is 16.5. The van der Waals surface area contributed by atoms with E-state index in [0.717, 1.165) is 13.0 Å². The number of hydrogen-bond donors (Lipinski definition) is 0. The van der Waals surface area contributed by atoms with Crippen molar-refractivity contribution in [3.63, 3.8) is 0 Å². The van der Waals surface area contributed by atoms with Crippen LogP contribution in [0.3, 0.4) is 0 Å². The predicted molar refractivity (Wildman–Crippen MR) is 35.9 cm³/mol. The minimum atomic E-state index is 0.623. The fourth-order valence-corrected chi connectivity index (χ4v) is 0.637. The Morgan fingerprint density at radius 1 is 1.75 bits per heavy atom. The van der Waals surface area contributed by atoms with Gasteiger partial charge in [-0.05, 0) is 12.3 Å². The van der Waals surface area contributed by atoms with Crippen molar-refractivity contribution in [2.75, 3.05) is 13.7 Å². The lowest BCUT2D eigenvalue weighted by molar-refractivity contribution is 0.161. The molecule has 1 unspecified atom stereocenters. The minimum Gasteiger partial charge on any atom is -0.384 e. The van der Waals surface area contributed by atoms with E-state index in [1.807, 2.05) is 6.08 Å². The number of allylic oxidation sites excluding steroid dienone is 1. The zero-order chi connectivity index (χ0) is 6.41. The van der Waals surface area contributed by atoms with Crippen molar-refractivity contribution in [2.24, 2.45) is 5.92 Å². The number of rotatable bonds is 4. The molecule has 1 atom stereocenters. The average Bonchev–Trinajstić information content (AvgIpc) is 1.68. The van der Waals surface area contributed by atoms with Crippen molar-refractivity contribution in [3.8, 4) is 0 Å². The van der Waals surface area contributed by atoms with Crippen molar-refractivity contribution in [1.29, 1.82) is 0 Å². The summed E-state index contributed by atoms with van der Waals surface area (Å²) < 4.78 is 4.91. The maximum Gasteiger partial charge on any atom is 0.0490 e. The largest absolute Gasteiger partial charge is 0.384 e. The minimum absolute atomic E-state index is 0.623. The van der Waals surface area contributed by atoms with Crippen molar-refractivity contribution >= 4 is 0 Å². The molecule has 48 valence electrons. The maximum atomic E-state index is 4.91. The van der Waals surface area contributed by atoms with E-state index in [4.69, 9.17) is 4.74 Å². The molecule has 0 rings (SSSR count). The molecule has 0 heterocycles. The molecule has 8 heavy (non-hydrogen) atoms. The van der Waals surface area contributed by atoms with Gasteiger partial charge in [-0.1, -0.05) is 13.0 Å². The van der Waals surface area contributed by atoms with Gasteiger partial charge >= 0.3 is 0 Å². The highest BCUT2D eigenvalue weighted by Crippen LogP contribution is 2.00. The van der Waals surface area contributed by atoms with Gasteiger partial charge in [0.15, 0.2) is 0 Å². The summed E-state index contributed by atoms with van der Waals surface area (Å²) in [6, 6.07) is 0. The van der Waals surface area contributed by atoms with Gasteiger partial charge in [-0.3, -0.25) is 0 Å². The molecule has 0 saturated carbocycles. The van der Waals surface area contributed by atoms with Gasteiger partial charge in [0.2, 0.25) is 0 Å². The van der Waals surface area contributed by atoms with Crippen LogP contribution in [-0.2, 0) is 4.74 Å². The smallest absolute Gasteiger partial charge is 0.0490 e. The Morgan fingerprint density at radius 2 is 2.38 bits per heavy atom. The quantitative estimate of drug-likeness (QED) is 0.507. The van der Waals surface area contributed by atoms with E-state index in [1.54, 1.807) is 7.11 Å². The highest BCUT2D eigenvalue weighted by Gasteiger charge is 1.94. The first-order chi connectivity index (χ1) is 3.81. The molecule has 0 aliphatic carbocycles. The number of ether oxygens (including phenoxy) is 1. The summed E-state index contributed by atoms with van der Waals surface area (Å²) in [6.45, 7) is 6.61. The Balaban J connectivity index is 3.03. The molecule has 0 fully saturated rings. The van der Waals surface area contributed by atoms with E-state index in [2.05, 4.69) is 13.5 Å². The van der Waals surface area contributed by atoms with Gasteiger partial charge in [-0.25, -0.2) is 0 Å². The standard InChI is InChI=1S/C7H14O/c1-4-5-7(2)6-8-3/h4,7H,1,5-6H2,2-3H3. The van der Waals surface area contributed by atoms with E-state index in [0.29, 0.717) is 5.92 Å². The second kappa shape index (κ2) is 4.85. The molecule has 0 aromatic heterocycles.